The Labute approximate surface area is 137 Å². The van der Waals surface area contributed by atoms with Gasteiger partial charge in [0.25, 0.3) is 0 Å². The smallest absolute Gasteiger partial charge is 0.304 e. The predicted molar refractivity (Wildman–Crippen MR) is 90.6 cm³/mol. The summed E-state index contributed by atoms with van der Waals surface area (Å²) in [5.41, 5.74) is 1.99. The van der Waals surface area contributed by atoms with E-state index in [2.05, 4.69) is 27.8 Å². The van der Waals surface area contributed by atoms with Crippen molar-refractivity contribution >= 4 is 44.4 Å². The lowest BCUT2D eigenvalue weighted by Gasteiger charge is -2.24. The Morgan fingerprint density at radius 1 is 1.43 bits per heavy atom. The molecule has 0 aliphatic rings. The van der Waals surface area contributed by atoms with Crippen molar-refractivity contribution in [2.24, 2.45) is 0 Å². The van der Waals surface area contributed by atoms with Crippen LogP contribution in [0.2, 0.25) is 0 Å². The summed E-state index contributed by atoms with van der Waals surface area (Å²) in [7, 11) is 0. The molecule has 2 N–H and O–H groups in total. The number of H-pyrrole nitrogens is 1. The highest BCUT2D eigenvalue weighted by molar-refractivity contribution is 9.09. The van der Waals surface area contributed by atoms with Crippen molar-refractivity contribution in [2.75, 3.05) is 0 Å². The van der Waals surface area contributed by atoms with Gasteiger partial charge < -0.3 is 10.1 Å². The van der Waals surface area contributed by atoms with Crippen molar-refractivity contribution in [3.05, 3.63) is 36.0 Å². The summed E-state index contributed by atoms with van der Waals surface area (Å²) in [6.45, 7) is 2.09. The fourth-order valence-electron chi connectivity index (χ4n) is 2.67. The van der Waals surface area contributed by atoms with E-state index in [9.17, 15) is 9.90 Å². The number of hydrogen-bond donors (Lipinski definition) is 2. The van der Waals surface area contributed by atoms with E-state index in [-0.39, 0.29) is 22.5 Å². The minimum atomic E-state index is -0.827. The van der Waals surface area contributed by atoms with E-state index in [1.807, 2.05) is 30.5 Å². The molecule has 0 aliphatic heterocycles. The van der Waals surface area contributed by atoms with Crippen LogP contribution in [0.3, 0.4) is 0 Å². The predicted octanol–water partition coefficient (Wildman–Crippen LogP) is 4.90. The van der Waals surface area contributed by atoms with Crippen LogP contribution in [0, 0.1) is 0 Å². The molecule has 1 heterocycles. The molecule has 0 aliphatic carbocycles. The topological polar surface area (TPSA) is 53.1 Å². The van der Waals surface area contributed by atoms with Gasteiger partial charge in [0.05, 0.1) is 11.8 Å². The molecule has 114 valence electrons. The monoisotopic (exact) mass is 371 g/mol. The molecule has 0 amide bonds. The van der Waals surface area contributed by atoms with Crippen molar-refractivity contribution in [3.63, 3.8) is 0 Å². The van der Waals surface area contributed by atoms with Crippen LogP contribution in [0.5, 0.6) is 0 Å². The number of halogens is 2. The Kier molecular flexibility index (Phi) is 5.71. The number of fused-ring (bicyclic) bond motifs is 1. The third kappa shape index (κ3) is 3.80. The fourth-order valence-corrected chi connectivity index (χ4v) is 3.85. The molecule has 0 radical (unpaired) electrons. The van der Waals surface area contributed by atoms with E-state index in [4.69, 9.17) is 11.6 Å². The van der Waals surface area contributed by atoms with Crippen LogP contribution >= 0.6 is 27.5 Å². The van der Waals surface area contributed by atoms with Crippen molar-refractivity contribution in [1.29, 1.82) is 0 Å². The molecule has 5 heteroatoms. The quantitative estimate of drug-likeness (QED) is 0.679. The highest BCUT2D eigenvalue weighted by Gasteiger charge is 2.30. The van der Waals surface area contributed by atoms with E-state index in [1.165, 1.54) is 0 Å². The van der Waals surface area contributed by atoms with Gasteiger partial charge in [0, 0.05) is 27.8 Å². The Hall–Kier alpha value is -1.00. The zero-order valence-electron chi connectivity index (χ0n) is 11.9. The van der Waals surface area contributed by atoms with Crippen LogP contribution in [0.25, 0.3) is 10.9 Å². The van der Waals surface area contributed by atoms with Crippen molar-refractivity contribution < 1.29 is 9.90 Å². The van der Waals surface area contributed by atoms with Crippen LogP contribution in [0.4, 0.5) is 0 Å². The number of carboxylic acids is 1. The fraction of sp³-hybridized carbons (Fsp3) is 0.438. The molecule has 21 heavy (non-hydrogen) atoms. The first kappa shape index (κ1) is 16.4. The number of aromatic amines is 1. The summed E-state index contributed by atoms with van der Waals surface area (Å²) in [5.74, 6) is -1.05. The Morgan fingerprint density at radius 2 is 2.14 bits per heavy atom. The second-order valence-electron chi connectivity index (χ2n) is 5.24. The van der Waals surface area contributed by atoms with Gasteiger partial charge in [0.2, 0.25) is 0 Å². The summed E-state index contributed by atoms with van der Waals surface area (Å²) < 4.78 is 0. The van der Waals surface area contributed by atoms with Gasteiger partial charge in [0.1, 0.15) is 0 Å². The number of aromatic nitrogens is 1. The number of rotatable bonds is 7. The number of benzene rings is 1. The largest absolute Gasteiger partial charge is 0.481 e. The molecule has 3 atom stereocenters. The average Bonchev–Trinajstić information content (AvgIpc) is 2.88. The van der Waals surface area contributed by atoms with Gasteiger partial charge in [-0.05, 0) is 18.1 Å². The van der Waals surface area contributed by atoms with E-state index in [1.54, 1.807) is 0 Å². The van der Waals surface area contributed by atoms with Gasteiger partial charge in [-0.3, -0.25) is 4.79 Å². The van der Waals surface area contributed by atoms with Crippen molar-refractivity contribution in [2.45, 2.75) is 42.3 Å². The highest BCUT2D eigenvalue weighted by atomic mass is 79.9. The van der Waals surface area contributed by atoms with Gasteiger partial charge in [-0.1, -0.05) is 47.5 Å². The first-order chi connectivity index (χ1) is 10.0. The molecule has 0 saturated carbocycles. The van der Waals surface area contributed by atoms with Gasteiger partial charge in [0.15, 0.2) is 0 Å². The van der Waals surface area contributed by atoms with Gasteiger partial charge >= 0.3 is 5.97 Å². The first-order valence-electron chi connectivity index (χ1n) is 7.10. The van der Waals surface area contributed by atoms with E-state index in [0.717, 1.165) is 29.3 Å². The molecule has 0 spiro atoms. The van der Waals surface area contributed by atoms with Crippen LogP contribution < -0.4 is 0 Å². The maximum atomic E-state index is 11.2. The minimum absolute atomic E-state index is 0.0296. The number of hydrogen-bond acceptors (Lipinski definition) is 1. The van der Waals surface area contributed by atoms with Crippen molar-refractivity contribution in [1.82, 2.24) is 4.98 Å². The van der Waals surface area contributed by atoms with Gasteiger partial charge in [-0.15, -0.1) is 11.6 Å². The number of alkyl halides is 2. The van der Waals surface area contributed by atoms with Gasteiger partial charge in [-0.25, -0.2) is 0 Å². The standard InChI is InChI=1S/C16H19BrClNO2/c1-2-5-13(17)16(18)11(8-15(20)21)12-9-19-14-7-4-3-6-10(12)14/h3-4,6-7,9,11,13,16,19H,2,5,8H2,1H3,(H,20,21). The van der Waals surface area contributed by atoms with Crippen LogP contribution in [0.1, 0.15) is 37.7 Å². The Morgan fingerprint density at radius 3 is 2.81 bits per heavy atom. The average molecular weight is 373 g/mol. The maximum absolute atomic E-state index is 11.2. The molecule has 2 rings (SSSR count). The molecule has 1 aromatic carbocycles. The Balaban J connectivity index is 2.37. The highest BCUT2D eigenvalue weighted by Crippen LogP contribution is 2.37. The molecular weight excluding hydrogens is 354 g/mol. The molecule has 3 unspecified atom stereocenters. The molecule has 2 aromatic rings. The van der Waals surface area contributed by atoms with Gasteiger partial charge in [-0.2, -0.15) is 0 Å². The third-order valence-electron chi connectivity index (χ3n) is 3.71. The number of carbonyl (C=O) groups is 1. The molecule has 1 aromatic heterocycles. The number of para-hydroxylation sites is 1. The van der Waals surface area contributed by atoms with Crippen molar-refractivity contribution in [3.8, 4) is 0 Å². The summed E-state index contributed by atoms with van der Waals surface area (Å²) in [4.78, 5) is 14.5. The third-order valence-corrected chi connectivity index (χ3v) is 5.65. The molecule has 3 nitrogen and oxygen atoms in total. The Bertz CT molecular complexity index is 613. The zero-order chi connectivity index (χ0) is 15.4. The molecule has 0 saturated heterocycles. The number of aliphatic carboxylic acids is 1. The van der Waals surface area contributed by atoms with Crippen LogP contribution in [-0.4, -0.2) is 26.3 Å². The second kappa shape index (κ2) is 7.32. The summed E-state index contributed by atoms with van der Waals surface area (Å²) in [5, 5.41) is 10.0. The lowest BCUT2D eigenvalue weighted by atomic mass is 9.89. The molecule has 0 fully saturated rings. The SMILES string of the molecule is CCCC(Br)C(Cl)C(CC(=O)O)c1c[nH]c2ccccc12. The summed E-state index contributed by atoms with van der Waals surface area (Å²) in [6, 6.07) is 7.90. The first-order valence-corrected chi connectivity index (χ1v) is 8.45. The zero-order valence-corrected chi connectivity index (χ0v) is 14.2. The minimum Gasteiger partial charge on any atom is -0.481 e. The number of nitrogens with one attached hydrogen (secondary N) is 1. The summed E-state index contributed by atoms with van der Waals surface area (Å²) >= 11 is 10.2. The van der Waals surface area contributed by atoms with E-state index < -0.39 is 5.97 Å². The lowest BCUT2D eigenvalue weighted by Crippen LogP contribution is -2.25. The maximum Gasteiger partial charge on any atom is 0.304 e. The van der Waals surface area contributed by atoms with E-state index in [0.29, 0.717) is 0 Å². The lowest BCUT2D eigenvalue weighted by molar-refractivity contribution is -0.137. The summed E-state index contributed by atoms with van der Waals surface area (Å²) in [6.07, 6.45) is 3.85. The van der Waals surface area contributed by atoms with Crippen LogP contribution in [-0.2, 0) is 4.79 Å². The van der Waals surface area contributed by atoms with Crippen LogP contribution in [0.15, 0.2) is 30.5 Å². The molecular formula is C16H19BrClNO2. The second-order valence-corrected chi connectivity index (χ2v) is 6.92. The normalized spacial score (nSPS) is 15.8. The van der Waals surface area contributed by atoms with E-state index >= 15 is 0 Å². The molecule has 0 bridgehead atoms. The number of carboxylic acid groups (broad SMARTS) is 1.